The Hall–Kier alpha value is -5.14. The number of amides is 2. The molecular weight excluding hydrogens is 860 g/mol. The maximum absolute atomic E-state index is 13.3. The van der Waals surface area contributed by atoms with Gasteiger partial charge >= 0.3 is 5.69 Å². The van der Waals surface area contributed by atoms with Crippen molar-refractivity contribution in [3.63, 3.8) is 0 Å². The Balaban J connectivity index is 0.712. The molecule has 2 amide bonds. The number of pyridine rings is 1. The van der Waals surface area contributed by atoms with Crippen molar-refractivity contribution in [2.75, 3.05) is 49.5 Å². The second-order valence-corrected chi connectivity index (χ2v) is 19.8. The summed E-state index contributed by atoms with van der Waals surface area (Å²) in [5, 5.41) is 6.40. The van der Waals surface area contributed by atoms with Gasteiger partial charge in [-0.3, -0.25) is 33.4 Å². The second kappa shape index (κ2) is 18.4. The van der Waals surface area contributed by atoms with Gasteiger partial charge in [0.1, 0.15) is 16.7 Å². The predicted molar refractivity (Wildman–Crippen MR) is 245 cm³/mol. The fraction of sp³-hybridized carbons (Fsp3) is 0.511. The third-order valence-electron chi connectivity index (χ3n) is 13.4. The molecule has 4 aliphatic rings. The van der Waals surface area contributed by atoms with Crippen LogP contribution < -0.4 is 31.5 Å². The number of hydrogen-bond donors (Lipinski definition) is 3. The molecule has 1 saturated carbocycles. The molecule has 6 heterocycles. The van der Waals surface area contributed by atoms with Crippen molar-refractivity contribution in [2.24, 2.45) is 7.05 Å². The van der Waals surface area contributed by atoms with Crippen LogP contribution in [0.25, 0.3) is 22.1 Å². The number of piperidine rings is 3. The zero-order valence-corrected chi connectivity index (χ0v) is 37.8. The Kier molecular flexibility index (Phi) is 12.7. The number of aromatic nitrogens is 5. The minimum atomic E-state index is -3.73. The Morgan fingerprint density at radius 2 is 1.61 bits per heavy atom. The average Bonchev–Trinajstić information content (AvgIpc) is 3.90. The van der Waals surface area contributed by atoms with Crippen LogP contribution in [0.15, 0.2) is 63.1 Å². The third-order valence-corrected chi connectivity index (χ3v) is 15.2. The first-order valence-corrected chi connectivity index (χ1v) is 24.3. The van der Waals surface area contributed by atoms with E-state index in [0.717, 1.165) is 95.3 Å². The van der Waals surface area contributed by atoms with Crippen LogP contribution in [0.4, 0.5) is 17.3 Å². The van der Waals surface area contributed by atoms with Gasteiger partial charge in [-0.1, -0.05) is 24.4 Å². The van der Waals surface area contributed by atoms with Crippen molar-refractivity contribution < 1.29 is 22.7 Å². The molecule has 9 rings (SSSR count). The molecule has 17 nitrogen and oxygen atoms in total. The van der Waals surface area contributed by atoms with Gasteiger partial charge in [-0.2, -0.15) is 4.98 Å². The fourth-order valence-corrected chi connectivity index (χ4v) is 11.2. The molecule has 19 heteroatoms. The van der Waals surface area contributed by atoms with E-state index in [1.807, 2.05) is 25.1 Å². The van der Waals surface area contributed by atoms with Gasteiger partial charge in [0.2, 0.25) is 27.8 Å². The number of sulfonamides is 1. The molecule has 0 radical (unpaired) electrons. The van der Waals surface area contributed by atoms with E-state index in [1.165, 1.54) is 4.57 Å². The Bertz CT molecular complexity index is 2820. The van der Waals surface area contributed by atoms with Gasteiger partial charge in [0.05, 0.1) is 28.1 Å². The number of halogens is 1. The largest absolute Gasteiger partial charge is 0.375 e. The molecule has 3 saturated heterocycles. The minimum Gasteiger partial charge on any atom is -0.375 e. The lowest BCUT2D eigenvalue weighted by Crippen LogP contribution is -2.44. The number of nitrogens with zero attached hydrogens (tertiary/aromatic N) is 7. The molecule has 2 aromatic carbocycles. The van der Waals surface area contributed by atoms with Gasteiger partial charge in [-0.05, 0) is 113 Å². The number of aryl methyl sites for hydroxylation is 2. The van der Waals surface area contributed by atoms with Crippen LogP contribution in [0.5, 0.6) is 0 Å². The number of carbonyl (C=O) groups excluding carboxylic acids is 2. The van der Waals surface area contributed by atoms with Gasteiger partial charge in [-0.15, -0.1) is 0 Å². The second-order valence-electron chi connectivity index (χ2n) is 17.6. The van der Waals surface area contributed by atoms with Crippen molar-refractivity contribution in [1.29, 1.82) is 0 Å². The SMILES string of the molecule is Cc1cc(S(=O)(=O)NCCCN2CCC(OC3CCN(c4ccc5c(c4)n(C)c(=O)n5C4CCC(=O)NC4=O)CC3)CC2)ccc1Nc1ncc2cc(Cl)c(=O)n(C3CCCC3)c2n1. The number of benzene rings is 2. The summed E-state index contributed by atoms with van der Waals surface area (Å²) in [6.07, 6.45) is 10.7. The van der Waals surface area contributed by atoms with Crippen LogP contribution in [-0.2, 0) is 31.4 Å². The number of likely N-dealkylation sites (tertiary alicyclic amines) is 1. The summed E-state index contributed by atoms with van der Waals surface area (Å²) < 4.78 is 40.7. The maximum Gasteiger partial charge on any atom is 0.329 e. The van der Waals surface area contributed by atoms with E-state index in [0.29, 0.717) is 53.1 Å². The van der Waals surface area contributed by atoms with E-state index in [2.05, 4.69) is 30.1 Å². The van der Waals surface area contributed by atoms with Gasteiger partial charge in [-0.25, -0.2) is 22.9 Å². The molecule has 3 aliphatic heterocycles. The van der Waals surface area contributed by atoms with Crippen molar-refractivity contribution in [3.05, 3.63) is 80.1 Å². The van der Waals surface area contributed by atoms with Crippen LogP contribution in [0.3, 0.4) is 0 Å². The third kappa shape index (κ3) is 9.07. The number of imidazole rings is 1. The van der Waals surface area contributed by atoms with E-state index in [-0.39, 0.29) is 51.7 Å². The molecule has 1 aliphatic carbocycles. The molecule has 3 N–H and O–H groups in total. The van der Waals surface area contributed by atoms with Gasteiger partial charge in [0.15, 0.2) is 0 Å². The summed E-state index contributed by atoms with van der Waals surface area (Å²) in [6.45, 7) is 6.39. The molecule has 5 aromatic rings. The first kappa shape index (κ1) is 44.1. The van der Waals surface area contributed by atoms with E-state index in [4.69, 9.17) is 21.3 Å². The average molecular weight is 916 g/mol. The van der Waals surface area contributed by atoms with Crippen molar-refractivity contribution in [2.45, 2.75) is 107 Å². The summed E-state index contributed by atoms with van der Waals surface area (Å²) in [6, 6.07) is 11.7. The van der Waals surface area contributed by atoms with Gasteiger partial charge in [0, 0.05) is 75.2 Å². The number of nitrogens with one attached hydrogen (secondary N) is 3. The zero-order valence-electron chi connectivity index (χ0n) is 36.2. The standard InChI is InChI=1S/C45H55ClN10O7S/c1-28-24-34(9-10-36(28)49-44-47-27-29-25-35(46)43(59)55(41(29)51-44)30-6-3-4-7-30)64(61,62)48-18-5-19-53-20-14-32(15-21-53)63-33-16-22-54(23-17-33)31-8-11-37-39(26-31)52(2)45(60)56(37)38-12-13-40(57)50-42(38)58/h8-11,24-27,30,32-33,38,48H,3-7,12-23H2,1-2H3,(H,47,49,51)(H,50,57,58). The first-order chi connectivity index (χ1) is 30.8. The van der Waals surface area contributed by atoms with Crippen molar-refractivity contribution >= 4 is 72.8 Å². The van der Waals surface area contributed by atoms with Crippen LogP contribution in [0.1, 0.15) is 88.3 Å². The summed E-state index contributed by atoms with van der Waals surface area (Å²) in [7, 11) is -2.02. The van der Waals surface area contributed by atoms with Crippen molar-refractivity contribution in [3.8, 4) is 0 Å². The highest BCUT2D eigenvalue weighted by molar-refractivity contribution is 7.89. The Labute approximate surface area is 376 Å². The van der Waals surface area contributed by atoms with E-state index < -0.39 is 22.0 Å². The smallest absolute Gasteiger partial charge is 0.329 e. The lowest BCUT2D eigenvalue weighted by Gasteiger charge is -2.38. The molecular formula is C45H55ClN10O7S. The number of rotatable bonds is 13. The molecule has 64 heavy (non-hydrogen) atoms. The molecule has 3 aromatic heterocycles. The normalized spacial score (nSPS) is 19.9. The Morgan fingerprint density at radius 3 is 2.33 bits per heavy atom. The maximum atomic E-state index is 13.3. The fourth-order valence-electron chi connectivity index (χ4n) is 9.87. The highest BCUT2D eigenvalue weighted by atomic mass is 35.5. The molecule has 1 atom stereocenters. The molecule has 340 valence electrons. The number of imide groups is 1. The van der Waals surface area contributed by atoms with Crippen LogP contribution in [0.2, 0.25) is 5.02 Å². The molecule has 0 spiro atoms. The number of hydrogen-bond acceptors (Lipinski definition) is 12. The van der Waals surface area contributed by atoms with Gasteiger partial charge in [0.25, 0.3) is 5.56 Å². The highest BCUT2D eigenvalue weighted by Gasteiger charge is 2.32. The van der Waals surface area contributed by atoms with Crippen LogP contribution in [0, 0.1) is 6.92 Å². The summed E-state index contributed by atoms with van der Waals surface area (Å²) >= 11 is 6.29. The van der Waals surface area contributed by atoms with Crippen LogP contribution >= 0.6 is 11.6 Å². The Morgan fingerprint density at radius 1 is 0.875 bits per heavy atom. The highest BCUT2D eigenvalue weighted by Crippen LogP contribution is 2.33. The molecule has 4 fully saturated rings. The van der Waals surface area contributed by atoms with Crippen molar-refractivity contribution in [1.82, 2.24) is 38.6 Å². The van der Waals surface area contributed by atoms with E-state index >= 15 is 0 Å². The predicted octanol–water partition coefficient (Wildman–Crippen LogP) is 5.06. The molecule has 0 bridgehead atoms. The monoisotopic (exact) mass is 914 g/mol. The summed E-state index contributed by atoms with van der Waals surface area (Å²) in [5.74, 6) is -0.447. The van der Waals surface area contributed by atoms with E-state index in [1.54, 1.807) is 46.6 Å². The summed E-state index contributed by atoms with van der Waals surface area (Å²) in [4.78, 5) is 64.6. The summed E-state index contributed by atoms with van der Waals surface area (Å²) in [5.41, 5.74) is 3.81. The number of carbonyl (C=O) groups is 2. The van der Waals surface area contributed by atoms with Crippen LogP contribution in [-0.4, -0.2) is 100 Å². The number of fused-ring (bicyclic) bond motifs is 2. The lowest BCUT2D eigenvalue weighted by atomic mass is 10.0. The van der Waals surface area contributed by atoms with Gasteiger partial charge < -0.3 is 19.9 Å². The lowest BCUT2D eigenvalue weighted by molar-refractivity contribution is -0.135. The number of anilines is 3. The zero-order chi connectivity index (χ0) is 44.7. The first-order valence-electron chi connectivity index (χ1n) is 22.5. The number of ether oxygens (including phenoxy) is 1. The minimum absolute atomic E-state index is 0.0407. The molecule has 1 unspecified atom stereocenters. The van der Waals surface area contributed by atoms with E-state index in [9.17, 15) is 27.6 Å². The quantitative estimate of drug-likeness (QED) is 0.105. The topological polar surface area (TPSA) is 195 Å².